The van der Waals surface area contributed by atoms with Crippen LogP contribution in [0.4, 0.5) is 0 Å². The Labute approximate surface area is 76.5 Å². The maximum absolute atomic E-state index is 9.11. The Bertz CT molecular complexity index is 359. The number of hydrogen-bond acceptors (Lipinski definition) is 3. The first-order valence-corrected chi connectivity index (χ1v) is 3.83. The van der Waals surface area contributed by atoms with Gasteiger partial charge in [-0.1, -0.05) is 12.1 Å². The van der Waals surface area contributed by atoms with Crippen LogP contribution in [0.3, 0.4) is 0 Å². The minimum absolute atomic E-state index is 0.159. The first-order chi connectivity index (χ1) is 6.26. The van der Waals surface area contributed by atoms with Crippen molar-refractivity contribution in [1.29, 1.82) is 10.5 Å². The normalized spacial score (nSPS) is 9.15. The molecule has 0 aliphatic rings. The van der Waals surface area contributed by atoms with Crippen molar-refractivity contribution in [2.75, 3.05) is 0 Å². The molecule has 0 radical (unpaired) electrons. The molecule has 0 amide bonds. The van der Waals surface area contributed by atoms with Crippen LogP contribution >= 0.6 is 0 Å². The van der Waals surface area contributed by atoms with Crippen LogP contribution in [-0.4, -0.2) is 5.11 Å². The van der Waals surface area contributed by atoms with Crippen molar-refractivity contribution in [3.8, 4) is 17.9 Å². The smallest absolute Gasteiger partial charge is 0.137 e. The standard InChI is InChI=1S/C10H8N2O/c11-6-9(7-12)4-8-2-1-3-10(13)5-8/h1-3,5,9,13H,4H2. The summed E-state index contributed by atoms with van der Waals surface area (Å²) in [5, 5.41) is 26.1. The van der Waals surface area contributed by atoms with E-state index in [1.807, 2.05) is 12.1 Å². The maximum Gasteiger partial charge on any atom is 0.137 e. The van der Waals surface area contributed by atoms with E-state index in [0.29, 0.717) is 6.42 Å². The Morgan fingerprint density at radius 1 is 1.31 bits per heavy atom. The van der Waals surface area contributed by atoms with Gasteiger partial charge in [0, 0.05) is 6.42 Å². The second-order valence-corrected chi connectivity index (χ2v) is 2.68. The van der Waals surface area contributed by atoms with E-state index in [1.54, 1.807) is 24.3 Å². The van der Waals surface area contributed by atoms with Crippen molar-refractivity contribution >= 4 is 0 Å². The van der Waals surface area contributed by atoms with Crippen LogP contribution in [0, 0.1) is 28.6 Å². The van der Waals surface area contributed by atoms with Gasteiger partial charge in [0.05, 0.1) is 12.1 Å². The van der Waals surface area contributed by atoms with Gasteiger partial charge >= 0.3 is 0 Å². The molecule has 0 saturated carbocycles. The van der Waals surface area contributed by atoms with Gasteiger partial charge in [0.1, 0.15) is 11.7 Å². The molecule has 0 aliphatic heterocycles. The molecule has 64 valence electrons. The number of rotatable bonds is 2. The van der Waals surface area contributed by atoms with Gasteiger partial charge in [-0.05, 0) is 17.7 Å². The van der Waals surface area contributed by atoms with Gasteiger partial charge in [-0.2, -0.15) is 10.5 Å². The zero-order chi connectivity index (χ0) is 9.68. The minimum atomic E-state index is -0.637. The summed E-state index contributed by atoms with van der Waals surface area (Å²) in [6, 6.07) is 10.3. The highest BCUT2D eigenvalue weighted by Crippen LogP contribution is 2.14. The number of phenols is 1. The number of nitriles is 2. The van der Waals surface area contributed by atoms with Crippen LogP contribution < -0.4 is 0 Å². The Balaban J connectivity index is 2.76. The van der Waals surface area contributed by atoms with Crippen molar-refractivity contribution in [3.63, 3.8) is 0 Å². The molecule has 0 atom stereocenters. The highest BCUT2D eigenvalue weighted by atomic mass is 16.3. The summed E-state index contributed by atoms with van der Waals surface area (Å²) < 4.78 is 0. The lowest BCUT2D eigenvalue weighted by Gasteiger charge is -2.00. The highest BCUT2D eigenvalue weighted by Gasteiger charge is 2.06. The molecule has 3 heteroatoms. The van der Waals surface area contributed by atoms with Crippen LogP contribution in [0.5, 0.6) is 5.75 Å². The zero-order valence-corrected chi connectivity index (χ0v) is 6.94. The monoisotopic (exact) mass is 172 g/mol. The lowest BCUT2D eigenvalue weighted by molar-refractivity contribution is 0.474. The molecule has 0 saturated heterocycles. The first-order valence-electron chi connectivity index (χ1n) is 3.83. The average molecular weight is 172 g/mol. The summed E-state index contributed by atoms with van der Waals surface area (Å²) in [5.74, 6) is -0.478. The molecular formula is C10H8N2O. The summed E-state index contributed by atoms with van der Waals surface area (Å²) in [5.41, 5.74) is 0.799. The molecule has 13 heavy (non-hydrogen) atoms. The quantitative estimate of drug-likeness (QED) is 0.736. The van der Waals surface area contributed by atoms with E-state index in [-0.39, 0.29) is 5.75 Å². The lowest BCUT2D eigenvalue weighted by atomic mass is 10.0. The van der Waals surface area contributed by atoms with Crippen LogP contribution in [0.2, 0.25) is 0 Å². The van der Waals surface area contributed by atoms with Gasteiger partial charge in [-0.15, -0.1) is 0 Å². The van der Waals surface area contributed by atoms with Crippen molar-refractivity contribution in [3.05, 3.63) is 29.8 Å². The summed E-state index contributed by atoms with van der Waals surface area (Å²) >= 11 is 0. The van der Waals surface area contributed by atoms with Gasteiger partial charge in [0.15, 0.2) is 0 Å². The molecule has 0 spiro atoms. The fourth-order valence-electron chi connectivity index (χ4n) is 1.04. The summed E-state index contributed by atoms with van der Waals surface area (Å²) in [6.07, 6.45) is 0.362. The lowest BCUT2D eigenvalue weighted by Crippen LogP contribution is -1.97. The second kappa shape index (κ2) is 4.13. The molecule has 0 fully saturated rings. The van der Waals surface area contributed by atoms with E-state index in [0.717, 1.165) is 5.56 Å². The third-order valence-electron chi connectivity index (χ3n) is 1.66. The van der Waals surface area contributed by atoms with Gasteiger partial charge < -0.3 is 5.11 Å². The van der Waals surface area contributed by atoms with E-state index in [1.165, 1.54) is 0 Å². The molecule has 0 bridgehead atoms. The first kappa shape index (κ1) is 9.09. The molecule has 0 aliphatic carbocycles. The molecule has 1 rings (SSSR count). The third-order valence-corrected chi connectivity index (χ3v) is 1.66. The molecule has 1 N–H and O–H groups in total. The molecule has 0 heterocycles. The Morgan fingerprint density at radius 2 is 2.00 bits per heavy atom. The largest absolute Gasteiger partial charge is 0.508 e. The molecule has 1 aromatic carbocycles. The Hall–Kier alpha value is -2.00. The van der Waals surface area contributed by atoms with Gasteiger partial charge in [-0.3, -0.25) is 0 Å². The average Bonchev–Trinajstić information content (AvgIpc) is 2.14. The number of nitrogens with zero attached hydrogens (tertiary/aromatic N) is 2. The molecule has 3 nitrogen and oxygen atoms in total. The van der Waals surface area contributed by atoms with Crippen molar-refractivity contribution in [2.24, 2.45) is 5.92 Å². The summed E-state index contributed by atoms with van der Waals surface area (Å²) in [4.78, 5) is 0. The van der Waals surface area contributed by atoms with Crippen LogP contribution in [0.25, 0.3) is 0 Å². The molecule has 1 aromatic rings. The van der Waals surface area contributed by atoms with Gasteiger partial charge in [0.2, 0.25) is 0 Å². The SMILES string of the molecule is N#CC(C#N)Cc1cccc(O)c1. The maximum atomic E-state index is 9.11. The number of benzene rings is 1. The third kappa shape index (κ3) is 2.50. The van der Waals surface area contributed by atoms with Gasteiger partial charge in [0.25, 0.3) is 0 Å². The predicted molar refractivity (Wildman–Crippen MR) is 46.5 cm³/mol. The Morgan fingerprint density at radius 3 is 2.54 bits per heavy atom. The van der Waals surface area contributed by atoms with E-state index in [9.17, 15) is 0 Å². The summed E-state index contributed by atoms with van der Waals surface area (Å²) in [6.45, 7) is 0. The second-order valence-electron chi connectivity index (χ2n) is 2.68. The predicted octanol–water partition coefficient (Wildman–Crippen LogP) is 1.60. The minimum Gasteiger partial charge on any atom is -0.508 e. The number of hydrogen-bond donors (Lipinski definition) is 1. The fraction of sp³-hybridized carbons (Fsp3) is 0.200. The zero-order valence-electron chi connectivity index (χ0n) is 6.94. The van der Waals surface area contributed by atoms with Crippen LogP contribution in [0.1, 0.15) is 5.56 Å². The molecular weight excluding hydrogens is 164 g/mol. The fourth-order valence-corrected chi connectivity index (χ4v) is 1.04. The van der Waals surface area contributed by atoms with Crippen molar-refractivity contribution in [1.82, 2.24) is 0 Å². The van der Waals surface area contributed by atoms with Crippen LogP contribution in [0.15, 0.2) is 24.3 Å². The topological polar surface area (TPSA) is 67.8 Å². The van der Waals surface area contributed by atoms with Crippen molar-refractivity contribution in [2.45, 2.75) is 6.42 Å². The number of aromatic hydroxyl groups is 1. The van der Waals surface area contributed by atoms with Crippen molar-refractivity contribution < 1.29 is 5.11 Å². The number of phenolic OH excluding ortho intramolecular Hbond substituents is 1. The van der Waals surface area contributed by atoms with E-state index in [4.69, 9.17) is 15.6 Å². The molecule has 0 aromatic heterocycles. The summed E-state index contributed by atoms with van der Waals surface area (Å²) in [7, 11) is 0. The Kier molecular flexibility index (Phi) is 2.89. The van der Waals surface area contributed by atoms with E-state index >= 15 is 0 Å². The van der Waals surface area contributed by atoms with E-state index < -0.39 is 5.92 Å². The van der Waals surface area contributed by atoms with Crippen LogP contribution in [-0.2, 0) is 6.42 Å². The van der Waals surface area contributed by atoms with Gasteiger partial charge in [-0.25, -0.2) is 0 Å². The van der Waals surface area contributed by atoms with E-state index in [2.05, 4.69) is 0 Å². The molecule has 0 unspecified atom stereocenters. The highest BCUT2D eigenvalue weighted by molar-refractivity contribution is 5.28.